The molecule has 0 amide bonds. The summed E-state index contributed by atoms with van der Waals surface area (Å²) in [7, 11) is 0. The highest BCUT2D eigenvalue weighted by Gasteiger charge is 2.06. The summed E-state index contributed by atoms with van der Waals surface area (Å²) in [5, 5.41) is 2.46. The van der Waals surface area contributed by atoms with Gasteiger partial charge in [-0.3, -0.25) is 4.79 Å². The van der Waals surface area contributed by atoms with Crippen LogP contribution in [0.1, 0.15) is 15.9 Å². The molecule has 0 atom stereocenters. The molecule has 0 N–H and O–H groups in total. The van der Waals surface area contributed by atoms with Crippen LogP contribution in [0.15, 0.2) is 17.5 Å². The molecule has 0 saturated heterocycles. The van der Waals surface area contributed by atoms with E-state index in [1.54, 1.807) is 18.4 Å². The van der Waals surface area contributed by atoms with E-state index in [-0.39, 0.29) is 5.82 Å². The van der Waals surface area contributed by atoms with E-state index in [1.807, 2.05) is 0 Å². The first kappa shape index (κ1) is 8.38. The zero-order valence-corrected chi connectivity index (χ0v) is 7.82. The molecule has 0 bridgehead atoms. The zero-order chi connectivity index (χ0) is 9.42. The number of hydrogen-bond donors (Lipinski definition) is 0. The molecular formula is C10H7FOS. The van der Waals surface area contributed by atoms with Crippen molar-refractivity contribution in [2.75, 3.05) is 0 Å². The minimum atomic E-state index is -0.256. The van der Waals surface area contributed by atoms with Gasteiger partial charge in [0, 0.05) is 21.0 Å². The lowest BCUT2D eigenvalue weighted by molar-refractivity contribution is 0.112. The Kier molecular flexibility index (Phi) is 1.88. The predicted molar refractivity (Wildman–Crippen MR) is 51.9 cm³/mol. The van der Waals surface area contributed by atoms with Crippen LogP contribution in [0.5, 0.6) is 0 Å². The maximum Gasteiger partial charge on any atom is 0.151 e. The van der Waals surface area contributed by atoms with E-state index in [0.717, 1.165) is 11.0 Å². The Morgan fingerprint density at radius 2 is 2.23 bits per heavy atom. The summed E-state index contributed by atoms with van der Waals surface area (Å²) in [5.74, 6) is -0.256. The number of carbonyl (C=O) groups excluding carboxylic acids is 1. The van der Waals surface area contributed by atoms with Crippen LogP contribution in [-0.4, -0.2) is 6.29 Å². The van der Waals surface area contributed by atoms with Crippen molar-refractivity contribution in [1.29, 1.82) is 0 Å². The fraction of sp³-hybridized carbons (Fsp3) is 0.100. The second-order valence-electron chi connectivity index (χ2n) is 2.91. The molecule has 0 aliphatic rings. The Labute approximate surface area is 78.8 Å². The Morgan fingerprint density at radius 3 is 2.92 bits per heavy atom. The average molecular weight is 194 g/mol. The maximum atomic E-state index is 13.1. The summed E-state index contributed by atoms with van der Waals surface area (Å²) in [6, 6.07) is 3.19. The third-order valence-corrected chi connectivity index (χ3v) is 2.98. The first-order chi connectivity index (χ1) is 6.22. The number of thiophene rings is 1. The predicted octanol–water partition coefficient (Wildman–Crippen LogP) is 3.16. The molecule has 1 nitrogen and oxygen atoms in total. The van der Waals surface area contributed by atoms with Gasteiger partial charge in [0.05, 0.1) is 0 Å². The van der Waals surface area contributed by atoms with Crippen molar-refractivity contribution < 1.29 is 9.18 Å². The molecule has 2 rings (SSSR count). The molecule has 13 heavy (non-hydrogen) atoms. The zero-order valence-electron chi connectivity index (χ0n) is 7.00. The molecule has 0 aliphatic carbocycles. The van der Waals surface area contributed by atoms with Crippen LogP contribution in [0.4, 0.5) is 4.39 Å². The fourth-order valence-corrected chi connectivity index (χ4v) is 2.24. The third kappa shape index (κ3) is 1.25. The second-order valence-corrected chi connectivity index (χ2v) is 3.82. The van der Waals surface area contributed by atoms with Crippen LogP contribution < -0.4 is 0 Å². The van der Waals surface area contributed by atoms with E-state index in [2.05, 4.69) is 0 Å². The summed E-state index contributed by atoms with van der Waals surface area (Å²) in [6.45, 7) is 1.72. The first-order valence-electron chi connectivity index (χ1n) is 3.85. The van der Waals surface area contributed by atoms with Crippen LogP contribution >= 0.6 is 11.3 Å². The van der Waals surface area contributed by atoms with Gasteiger partial charge >= 0.3 is 0 Å². The molecule has 3 heteroatoms. The maximum absolute atomic E-state index is 13.1. The molecule has 0 fully saturated rings. The number of aldehydes is 1. The molecule has 0 radical (unpaired) electrons. The minimum absolute atomic E-state index is 0.256. The Hall–Kier alpha value is -1.22. The largest absolute Gasteiger partial charge is 0.298 e. The lowest BCUT2D eigenvalue weighted by Gasteiger charge is -1.96. The molecule has 0 unspecified atom stereocenters. The normalized spacial score (nSPS) is 10.6. The lowest BCUT2D eigenvalue weighted by atomic mass is 10.1. The third-order valence-electron chi connectivity index (χ3n) is 2.01. The quantitative estimate of drug-likeness (QED) is 0.637. The van der Waals surface area contributed by atoms with Gasteiger partial charge in [-0.15, -0.1) is 11.3 Å². The molecule has 0 spiro atoms. The summed E-state index contributed by atoms with van der Waals surface area (Å²) < 4.78 is 14.1. The smallest absolute Gasteiger partial charge is 0.151 e. The van der Waals surface area contributed by atoms with Gasteiger partial charge in [0.15, 0.2) is 6.29 Å². The van der Waals surface area contributed by atoms with Gasteiger partial charge in [-0.1, -0.05) is 0 Å². The van der Waals surface area contributed by atoms with Gasteiger partial charge in [0.25, 0.3) is 0 Å². The van der Waals surface area contributed by atoms with Gasteiger partial charge < -0.3 is 0 Å². The van der Waals surface area contributed by atoms with Crippen molar-refractivity contribution >= 4 is 27.7 Å². The summed E-state index contributed by atoms with van der Waals surface area (Å²) in [5.41, 5.74) is 1.19. The van der Waals surface area contributed by atoms with E-state index < -0.39 is 0 Å². The van der Waals surface area contributed by atoms with Crippen molar-refractivity contribution in [1.82, 2.24) is 0 Å². The first-order valence-corrected chi connectivity index (χ1v) is 4.73. The lowest BCUT2D eigenvalue weighted by Crippen LogP contribution is -1.82. The molecule has 66 valence electrons. The van der Waals surface area contributed by atoms with Crippen LogP contribution in [-0.2, 0) is 0 Å². The van der Waals surface area contributed by atoms with Gasteiger partial charge in [0.2, 0.25) is 0 Å². The second kappa shape index (κ2) is 2.92. The van der Waals surface area contributed by atoms with E-state index in [1.165, 1.54) is 17.4 Å². The monoisotopic (exact) mass is 194 g/mol. The van der Waals surface area contributed by atoms with Gasteiger partial charge in [-0.25, -0.2) is 4.39 Å². The van der Waals surface area contributed by atoms with Gasteiger partial charge in [0.1, 0.15) is 5.82 Å². The molecular weight excluding hydrogens is 187 g/mol. The van der Waals surface area contributed by atoms with Crippen LogP contribution in [0.25, 0.3) is 10.1 Å². The van der Waals surface area contributed by atoms with Crippen LogP contribution in [0, 0.1) is 12.7 Å². The van der Waals surface area contributed by atoms with Crippen LogP contribution in [0.2, 0.25) is 0 Å². The summed E-state index contributed by atoms with van der Waals surface area (Å²) >= 11 is 1.46. The highest BCUT2D eigenvalue weighted by molar-refractivity contribution is 7.17. The number of rotatable bonds is 1. The molecule has 0 aliphatic heterocycles. The minimum Gasteiger partial charge on any atom is -0.298 e. The Balaban J connectivity index is 2.84. The topological polar surface area (TPSA) is 17.1 Å². The molecule has 1 aromatic heterocycles. The van der Waals surface area contributed by atoms with Gasteiger partial charge in [-0.2, -0.15) is 0 Å². The highest BCUT2D eigenvalue weighted by atomic mass is 32.1. The standard InChI is InChI=1S/C10H7FOS/c1-6-2-10-8(3-9(6)11)7(4-12)5-13-10/h2-5H,1H3. The average Bonchev–Trinajstić information content (AvgIpc) is 2.48. The van der Waals surface area contributed by atoms with Gasteiger partial charge in [-0.05, 0) is 24.6 Å². The SMILES string of the molecule is Cc1cc2scc(C=O)c2cc1F. The van der Waals surface area contributed by atoms with E-state index in [9.17, 15) is 9.18 Å². The fourth-order valence-electron chi connectivity index (χ4n) is 1.26. The van der Waals surface area contributed by atoms with E-state index in [4.69, 9.17) is 0 Å². The van der Waals surface area contributed by atoms with E-state index in [0.29, 0.717) is 16.5 Å². The summed E-state index contributed by atoms with van der Waals surface area (Å²) in [4.78, 5) is 10.6. The molecule has 0 saturated carbocycles. The summed E-state index contributed by atoms with van der Waals surface area (Å²) in [6.07, 6.45) is 0.758. The Morgan fingerprint density at radius 1 is 1.46 bits per heavy atom. The van der Waals surface area contributed by atoms with Crippen molar-refractivity contribution in [2.45, 2.75) is 6.92 Å². The van der Waals surface area contributed by atoms with Crippen molar-refractivity contribution in [3.63, 3.8) is 0 Å². The highest BCUT2D eigenvalue weighted by Crippen LogP contribution is 2.27. The number of halogens is 1. The number of carbonyl (C=O) groups is 1. The van der Waals surface area contributed by atoms with Crippen molar-refractivity contribution in [3.8, 4) is 0 Å². The molecule has 2 aromatic rings. The number of aryl methyl sites for hydroxylation is 1. The number of benzene rings is 1. The number of hydrogen-bond acceptors (Lipinski definition) is 2. The molecule has 1 heterocycles. The Bertz CT molecular complexity index is 473. The van der Waals surface area contributed by atoms with Crippen molar-refractivity contribution in [2.24, 2.45) is 0 Å². The number of fused-ring (bicyclic) bond motifs is 1. The van der Waals surface area contributed by atoms with Crippen molar-refractivity contribution in [3.05, 3.63) is 34.5 Å². The van der Waals surface area contributed by atoms with Crippen LogP contribution in [0.3, 0.4) is 0 Å². The van der Waals surface area contributed by atoms with E-state index >= 15 is 0 Å². The molecule has 1 aromatic carbocycles.